The van der Waals surface area contributed by atoms with Crippen molar-refractivity contribution in [3.63, 3.8) is 0 Å². The van der Waals surface area contributed by atoms with Gasteiger partial charge in [-0.25, -0.2) is 0 Å². The van der Waals surface area contributed by atoms with Gasteiger partial charge in [-0.1, -0.05) is 0 Å². The molecule has 0 aromatic rings. The number of ether oxygens (including phenoxy) is 1. The van der Waals surface area contributed by atoms with Crippen LogP contribution in [0.5, 0.6) is 0 Å². The molecule has 5 nitrogen and oxygen atoms in total. The third-order valence-electron chi connectivity index (χ3n) is 2.35. The van der Waals surface area contributed by atoms with Gasteiger partial charge in [0.2, 0.25) is 5.91 Å². The Hall–Kier alpha value is -0.650. The lowest BCUT2D eigenvalue weighted by atomic mass is 10.2. The van der Waals surface area contributed by atoms with E-state index in [2.05, 4.69) is 0 Å². The minimum atomic E-state index is -0.172. The fraction of sp³-hybridized carbons (Fsp3) is 0.889. The van der Waals surface area contributed by atoms with Crippen molar-refractivity contribution in [1.82, 2.24) is 4.90 Å². The van der Waals surface area contributed by atoms with Gasteiger partial charge in [-0.15, -0.1) is 0 Å². The molecule has 1 amide bonds. The van der Waals surface area contributed by atoms with Crippen LogP contribution in [-0.2, 0) is 9.53 Å². The molecule has 82 valence electrons. The second kappa shape index (κ2) is 5.95. The molecule has 0 aromatic heterocycles. The molecule has 3 N–H and O–H groups in total. The molecule has 0 spiro atoms. The third-order valence-corrected chi connectivity index (χ3v) is 2.35. The topological polar surface area (TPSA) is 75.8 Å². The van der Waals surface area contributed by atoms with Crippen molar-refractivity contribution in [1.29, 1.82) is 0 Å². The SMILES string of the molecule is NCCCC(=O)N1CCOCC1CO. The summed E-state index contributed by atoms with van der Waals surface area (Å²) in [7, 11) is 0. The molecule has 1 saturated heterocycles. The molecular weight excluding hydrogens is 184 g/mol. The monoisotopic (exact) mass is 202 g/mol. The molecule has 1 unspecified atom stereocenters. The van der Waals surface area contributed by atoms with Gasteiger partial charge in [0.05, 0.1) is 25.9 Å². The standard InChI is InChI=1S/C9H18N2O3/c10-3-1-2-9(13)11-4-5-14-7-8(11)6-12/h8,12H,1-7,10H2. The van der Waals surface area contributed by atoms with Crippen LogP contribution in [0.25, 0.3) is 0 Å². The summed E-state index contributed by atoms with van der Waals surface area (Å²) in [6, 6.07) is -0.172. The lowest BCUT2D eigenvalue weighted by Gasteiger charge is -2.34. The Morgan fingerprint density at radius 2 is 2.43 bits per heavy atom. The Labute approximate surface area is 83.8 Å². The lowest BCUT2D eigenvalue weighted by molar-refractivity contribution is -0.141. The second-order valence-corrected chi connectivity index (χ2v) is 3.39. The number of nitrogens with zero attached hydrogens (tertiary/aromatic N) is 1. The Morgan fingerprint density at radius 1 is 1.64 bits per heavy atom. The highest BCUT2D eigenvalue weighted by Crippen LogP contribution is 2.08. The van der Waals surface area contributed by atoms with E-state index in [-0.39, 0.29) is 18.6 Å². The van der Waals surface area contributed by atoms with Crippen molar-refractivity contribution < 1.29 is 14.6 Å². The van der Waals surface area contributed by atoms with Crippen LogP contribution in [-0.4, -0.2) is 54.9 Å². The zero-order valence-electron chi connectivity index (χ0n) is 8.32. The third kappa shape index (κ3) is 2.94. The van der Waals surface area contributed by atoms with Gasteiger partial charge in [-0.05, 0) is 13.0 Å². The molecule has 0 saturated carbocycles. The number of aliphatic hydroxyl groups is 1. The normalized spacial score (nSPS) is 22.4. The zero-order chi connectivity index (χ0) is 10.4. The molecule has 1 rings (SSSR count). The predicted octanol–water partition coefficient (Wildman–Crippen LogP) is -1.05. The second-order valence-electron chi connectivity index (χ2n) is 3.39. The predicted molar refractivity (Wildman–Crippen MR) is 51.7 cm³/mol. The molecule has 0 aromatic carbocycles. The number of amides is 1. The Bertz CT molecular complexity index is 187. The van der Waals surface area contributed by atoms with Crippen molar-refractivity contribution in [3.8, 4) is 0 Å². The van der Waals surface area contributed by atoms with Crippen molar-refractivity contribution in [3.05, 3.63) is 0 Å². The molecule has 1 heterocycles. The molecule has 0 aliphatic carbocycles. The first-order chi connectivity index (χ1) is 6.79. The van der Waals surface area contributed by atoms with Crippen molar-refractivity contribution in [2.75, 3.05) is 32.9 Å². The fourth-order valence-corrected chi connectivity index (χ4v) is 1.53. The highest BCUT2D eigenvalue weighted by molar-refractivity contribution is 5.76. The average Bonchev–Trinajstić information content (AvgIpc) is 2.25. The van der Waals surface area contributed by atoms with E-state index in [4.69, 9.17) is 15.6 Å². The fourth-order valence-electron chi connectivity index (χ4n) is 1.53. The molecule has 14 heavy (non-hydrogen) atoms. The number of aliphatic hydroxyl groups excluding tert-OH is 1. The average molecular weight is 202 g/mol. The van der Waals surface area contributed by atoms with E-state index in [9.17, 15) is 4.79 Å². The van der Waals surface area contributed by atoms with Crippen molar-refractivity contribution in [2.45, 2.75) is 18.9 Å². The number of nitrogens with two attached hydrogens (primary N) is 1. The summed E-state index contributed by atoms with van der Waals surface area (Å²) in [6.45, 7) is 2.07. The number of rotatable bonds is 4. The van der Waals surface area contributed by atoms with Gasteiger partial charge >= 0.3 is 0 Å². The van der Waals surface area contributed by atoms with Crippen LogP contribution in [0.1, 0.15) is 12.8 Å². The lowest BCUT2D eigenvalue weighted by Crippen LogP contribution is -2.50. The van der Waals surface area contributed by atoms with E-state index in [1.165, 1.54) is 0 Å². The maximum Gasteiger partial charge on any atom is 0.223 e. The van der Waals surface area contributed by atoms with Crippen LogP contribution in [0.4, 0.5) is 0 Å². The molecule has 5 heteroatoms. The maximum absolute atomic E-state index is 11.6. The highest BCUT2D eigenvalue weighted by atomic mass is 16.5. The summed E-state index contributed by atoms with van der Waals surface area (Å²) >= 11 is 0. The summed E-state index contributed by atoms with van der Waals surface area (Å²) in [6.07, 6.45) is 1.17. The van der Waals surface area contributed by atoms with Crippen molar-refractivity contribution >= 4 is 5.91 Å². The maximum atomic E-state index is 11.6. The Morgan fingerprint density at radius 3 is 3.07 bits per heavy atom. The van der Waals surface area contributed by atoms with E-state index in [0.29, 0.717) is 39.1 Å². The quantitative estimate of drug-likeness (QED) is 0.609. The van der Waals surface area contributed by atoms with Gasteiger partial charge in [0.25, 0.3) is 0 Å². The van der Waals surface area contributed by atoms with Crippen LogP contribution in [0.3, 0.4) is 0 Å². The molecule has 1 atom stereocenters. The van der Waals surface area contributed by atoms with Gasteiger partial charge in [-0.2, -0.15) is 0 Å². The van der Waals surface area contributed by atoms with Crippen LogP contribution >= 0.6 is 0 Å². The zero-order valence-corrected chi connectivity index (χ0v) is 8.32. The van der Waals surface area contributed by atoms with Gasteiger partial charge in [-0.3, -0.25) is 4.79 Å². The minimum Gasteiger partial charge on any atom is -0.394 e. The molecule has 1 aliphatic rings. The number of morpholine rings is 1. The first kappa shape index (κ1) is 11.4. The number of hydrogen-bond acceptors (Lipinski definition) is 4. The summed E-state index contributed by atoms with van der Waals surface area (Å²) < 4.78 is 5.18. The van der Waals surface area contributed by atoms with Gasteiger partial charge in [0, 0.05) is 13.0 Å². The van der Waals surface area contributed by atoms with Gasteiger partial charge in [0.15, 0.2) is 0 Å². The van der Waals surface area contributed by atoms with E-state index >= 15 is 0 Å². The smallest absolute Gasteiger partial charge is 0.223 e. The first-order valence-corrected chi connectivity index (χ1v) is 4.97. The summed E-state index contributed by atoms with van der Waals surface area (Å²) in [4.78, 5) is 13.3. The Kier molecular flexibility index (Phi) is 4.86. The Balaban J connectivity index is 2.41. The molecule has 1 fully saturated rings. The van der Waals surface area contributed by atoms with Crippen LogP contribution in [0.2, 0.25) is 0 Å². The summed E-state index contributed by atoms with van der Waals surface area (Å²) in [5.74, 6) is 0.0674. The van der Waals surface area contributed by atoms with E-state index < -0.39 is 0 Å². The highest BCUT2D eigenvalue weighted by Gasteiger charge is 2.25. The summed E-state index contributed by atoms with van der Waals surface area (Å²) in [5, 5.41) is 9.04. The summed E-state index contributed by atoms with van der Waals surface area (Å²) in [5.41, 5.74) is 5.33. The van der Waals surface area contributed by atoms with E-state index in [1.807, 2.05) is 0 Å². The van der Waals surface area contributed by atoms with Crippen LogP contribution < -0.4 is 5.73 Å². The van der Waals surface area contributed by atoms with Gasteiger partial charge in [0.1, 0.15) is 0 Å². The number of hydrogen-bond donors (Lipinski definition) is 2. The van der Waals surface area contributed by atoms with Crippen molar-refractivity contribution in [2.24, 2.45) is 5.73 Å². The number of carbonyl (C=O) groups is 1. The van der Waals surface area contributed by atoms with Gasteiger partial charge < -0.3 is 20.5 Å². The molecule has 1 aliphatic heterocycles. The molecule has 0 radical (unpaired) electrons. The first-order valence-electron chi connectivity index (χ1n) is 4.97. The molecular formula is C9H18N2O3. The van der Waals surface area contributed by atoms with Crippen LogP contribution in [0, 0.1) is 0 Å². The molecule has 0 bridgehead atoms. The van der Waals surface area contributed by atoms with E-state index in [1.54, 1.807) is 4.90 Å². The number of carbonyl (C=O) groups excluding carboxylic acids is 1. The van der Waals surface area contributed by atoms with E-state index in [0.717, 1.165) is 0 Å². The minimum absolute atomic E-state index is 0.0334. The largest absolute Gasteiger partial charge is 0.394 e. The van der Waals surface area contributed by atoms with Crippen LogP contribution in [0.15, 0.2) is 0 Å².